The van der Waals surface area contributed by atoms with E-state index in [0.29, 0.717) is 11.8 Å². The van der Waals surface area contributed by atoms with Crippen LogP contribution in [0.4, 0.5) is 0 Å². The lowest BCUT2D eigenvalue weighted by atomic mass is 9.89. The van der Waals surface area contributed by atoms with E-state index < -0.39 is 0 Å². The summed E-state index contributed by atoms with van der Waals surface area (Å²) in [6, 6.07) is 4.13. The number of guanidine groups is 1. The molecule has 4 heteroatoms. The molecule has 1 aromatic heterocycles. The fraction of sp³-hybridized carbons (Fsp3) is 0.600. The Kier molecular flexibility index (Phi) is 5.80. The molecule has 0 fully saturated rings. The Labute approximate surface area is 117 Å². The molecule has 0 aliphatic carbocycles. The van der Waals surface area contributed by atoms with E-state index in [0.717, 1.165) is 12.5 Å². The van der Waals surface area contributed by atoms with Crippen molar-refractivity contribution in [3.63, 3.8) is 0 Å². The van der Waals surface area contributed by atoms with Crippen LogP contribution < -0.4 is 0 Å². The van der Waals surface area contributed by atoms with Crippen molar-refractivity contribution in [2.24, 2.45) is 10.9 Å². The van der Waals surface area contributed by atoms with Crippen molar-refractivity contribution in [3.8, 4) is 0 Å². The first kappa shape index (κ1) is 15.5. The summed E-state index contributed by atoms with van der Waals surface area (Å²) >= 11 is 0. The number of aromatic nitrogens is 1. The molecule has 19 heavy (non-hydrogen) atoms. The van der Waals surface area contributed by atoms with Gasteiger partial charge in [0.15, 0.2) is 5.96 Å². The zero-order chi connectivity index (χ0) is 14.4. The first-order valence-electron chi connectivity index (χ1n) is 6.72. The lowest BCUT2D eigenvalue weighted by Crippen LogP contribution is -2.36. The summed E-state index contributed by atoms with van der Waals surface area (Å²) in [7, 11) is 8.08. The second-order valence-electron chi connectivity index (χ2n) is 5.57. The van der Waals surface area contributed by atoms with Crippen molar-refractivity contribution >= 4 is 5.96 Å². The highest BCUT2D eigenvalue weighted by molar-refractivity contribution is 5.79. The van der Waals surface area contributed by atoms with Crippen LogP contribution in [0.3, 0.4) is 0 Å². The second-order valence-corrected chi connectivity index (χ2v) is 5.57. The van der Waals surface area contributed by atoms with Crippen LogP contribution in [0.15, 0.2) is 29.5 Å². The van der Waals surface area contributed by atoms with Crippen LogP contribution in [-0.2, 0) is 0 Å². The van der Waals surface area contributed by atoms with Gasteiger partial charge in [0.25, 0.3) is 0 Å². The molecular formula is C15H26N4. The predicted octanol–water partition coefficient (Wildman–Crippen LogP) is 2.30. The van der Waals surface area contributed by atoms with Gasteiger partial charge in [-0.25, -0.2) is 0 Å². The van der Waals surface area contributed by atoms with E-state index in [-0.39, 0.29) is 0 Å². The summed E-state index contributed by atoms with van der Waals surface area (Å²) in [6.07, 6.45) is 3.76. The monoisotopic (exact) mass is 262 g/mol. The van der Waals surface area contributed by atoms with Crippen LogP contribution in [0, 0.1) is 5.92 Å². The first-order valence-corrected chi connectivity index (χ1v) is 6.72. The van der Waals surface area contributed by atoms with Crippen LogP contribution in [-0.4, -0.2) is 55.5 Å². The number of aliphatic imine (C=N–C) groups is 1. The van der Waals surface area contributed by atoms with Crippen molar-refractivity contribution in [1.82, 2.24) is 14.8 Å². The van der Waals surface area contributed by atoms with Gasteiger partial charge >= 0.3 is 0 Å². The van der Waals surface area contributed by atoms with Crippen LogP contribution in [0.1, 0.15) is 25.3 Å². The molecule has 0 saturated carbocycles. The highest BCUT2D eigenvalue weighted by Crippen LogP contribution is 2.24. The van der Waals surface area contributed by atoms with E-state index in [9.17, 15) is 0 Å². The zero-order valence-corrected chi connectivity index (χ0v) is 13.0. The van der Waals surface area contributed by atoms with Crippen LogP contribution in [0.5, 0.6) is 0 Å². The quantitative estimate of drug-likeness (QED) is 0.616. The fourth-order valence-corrected chi connectivity index (χ4v) is 2.16. The third-order valence-electron chi connectivity index (χ3n) is 3.15. The van der Waals surface area contributed by atoms with E-state index in [1.807, 2.05) is 56.5 Å². The summed E-state index contributed by atoms with van der Waals surface area (Å²) < 4.78 is 0. The van der Waals surface area contributed by atoms with Gasteiger partial charge in [0.1, 0.15) is 0 Å². The van der Waals surface area contributed by atoms with Crippen molar-refractivity contribution in [2.75, 3.05) is 34.7 Å². The Morgan fingerprint density at radius 1 is 1.21 bits per heavy atom. The topological polar surface area (TPSA) is 31.7 Å². The fourth-order valence-electron chi connectivity index (χ4n) is 2.16. The lowest BCUT2D eigenvalue weighted by Gasteiger charge is -2.25. The number of rotatable bonds is 4. The number of pyridine rings is 1. The van der Waals surface area contributed by atoms with Crippen LogP contribution in [0.2, 0.25) is 0 Å². The summed E-state index contributed by atoms with van der Waals surface area (Å²) in [6.45, 7) is 5.26. The highest BCUT2D eigenvalue weighted by atomic mass is 15.3. The molecule has 0 aromatic carbocycles. The largest absolute Gasteiger partial charge is 0.349 e. The molecule has 0 N–H and O–H groups in total. The maximum atomic E-state index is 4.76. The van der Waals surface area contributed by atoms with Gasteiger partial charge in [-0.3, -0.25) is 9.98 Å². The van der Waals surface area contributed by atoms with Crippen molar-refractivity contribution < 1.29 is 0 Å². The minimum Gasteiger partial charge on any atom is -0.349 e. The molecule has 1 unspecified atom stereocenters. The van der Waals surface area contributed by atoms with Gasteiger partial charge in [-0.15, -0.1) is 0 Å². The first-order chi connectivity index (χ1) is 8.93. The Morgan fingerprint density at radius 2 is 1.84 bits per heavy atom. The molecule has 1 atom stereocenters. The van der Waals surface area contributed by atoms with E-state index in [4.69, 9.17) is 4.99 Å². The predicted molar refractivity (Wildman–Crippen MR) is 81.5 cm³/mol. The molecule has 0 aliphatic rings. The SMILES string of the molecule is CC(C)C(CN=C(N(C)C)N(C)C)c1cccnc1. The summed E-state index contributed by atoms with van der Waals surface area (Å²) in [5.41, 5.74) is 1.26. The molecule has 0 aliphatic heterocycles. The van der Waals surface area contributed by atoms with E-state index >= 15 is 0 Å². The Hall–Kier alpha value is -1.58. The smallest absolute Gasteiger partial charge is 0.195 e. The average Bonchev–Trinajstić information content (AvgIpc) is 2.34. The second kappa shape index (κ2) is 7.12. The molecule has 0 amide bonds. The number of hydrogen-bond acceptors (Lipinski definition) is 2. The number of nitrogens with zero attached hydrogens (tertiary/aromatic N) is 4. The average molecular weight is 262 g/mol. The molecule has 0 saturated heterocycles. The highest BCUT2D eigenvalue weighted by Gasteiger charge is 2.16. The molecule has 0 radical (unpaired) electrons. The van der Waals surface area contributed by atoms with Crippen LogP contribution >= 0.6 is 0 Å². The molecule has 1 aromatic rings. The Balaban J connectivity index is 2.89. The molecule has 0 bridgehead atoms. The van der Waals surface area contributed by atoms with E-state index in [2.05, 4.69) is 24.9 Å². The Bertz CT molecular complexity index is 386. The normalized spacial score (nSPS) is 12.2. The third-order valence-corrected chi connectivity index (χ3v) is 3.15. The molecular weight excluding hydrogens is 236 g/mol. The molecule has 4 nitrogen and oxygen atoms in total. The van der Waals surface area contributed by atoms with E-state index in [1.165, 1.54) is 5.56 Å². The van der Waals surface area contributed by atoms with Gasteiger partial charge in [-0.2, -0.15) is 0 Å². The number of hydrogen-bond donors (Lipinski definition) is 0. The maximum Gasteiger partial charge on any atom is 0.195 e. The summed E-state index contributed by atoms with van der Waals surface area (Å²) in [5, 5.41) is 0. The van der Waals surface area contributed by atoms with Gasteiger partial charge in [0.2, 0.25) is 0 Å². The van der Waals surface area contributed by atoms with Crippen molar-refractivity contribution in [1.29, 1.82) is 0 Å². The van der Waals surface area contributed by atoms with Gasteiger partial charge in [-0.05, 0) is 17.5 Å². The molecule has 106 valence electrons. The van der Waals surface area contributed by atoms with Crippen molar-refractivity contribution in [3.05, 3.63) is 30.1 Å². The maximum absolute atomic E-state index is 4.76. The molecule has 1 heterocycles. The third kappa shape index (κ3) is 4.54. The van der Waals surface area contributed by atoms with Gasteiger partial charge < -0.3 is 9.80 Å². The van der Waals surface area contributed by atoms with Crippen molar-refractivity contribution in [2.45, 2.75) is 19.8 Å². The summed E-state index contributed by atoms with van der Waals surface area (Å²) in [4.78, 5) is 13.1. The Morgan fingerprint density at radius 3 is 2.26 bits per heavy atom. The standard InChI is InChI=1S/C15H26N4/c1-12(2)14(13-8-7-9-16-10-13)11-17-15(18(3)4)19(5)6/h7-10,12,14H,11H2,1-6H3. The molecule has 1 rings (SSSR count). The van der Waals surface area contributed by atoms with Gasteiger partial charge in [-0.1, -0.05) is 19.9 Å². The van der Waals surface area contributed by atoms with Gasteiger partial charge in [0, 0.05) is 53.0 Å². The minimum atomic E-state index is 0.406. The zero-order valence-electron chi connectivity index (χ0n) is 13.0. The molecule has 0 spiro atoms. The minimum absolute atomic E-state index is 0.406. The van der Waals surface area contributed by atoms with E-state index in [1.54, 1.807) is 0 Å². The lowest BCUT2D eigenvalue weighted by molar-refractivity contribution is 0.462. The van der Waals surface area contributed by atoms with Gasteiger partial charge in [0.05, 0.1) is 0 Å². The summed E-state index contributed by atoms with van der Waals surface area (Å²) in [5.74, 6) is 1.94. The van der Waals surface area contributed by atoms with Crippen LogP contribution in [0.25, 0.3) is 0 Å².